The molecule has 0 radical (unpaired) electrons. The average Bonchev–Trinajstić information content (AvgIpc) is 3.33. The normalized spacial score (nSPS) is 15.2. The molecule has 8 nitrogen and oxygen atoms in total. The zero-order valence-corrected chi connectivity index (χ0v) is 22.5. The first-order chi connectivity index (χ1) is 18.9. The van der Waals surface area contributed by atoms with E-state index in [0.717, 1.165) is 12.0 Å². The van der Waals surface area contributed by atoms with E-state index in [9.17, 15) is 18.0 Å². The van der Waals surface area contributed by atoms with Crippen molar-refractivity contribution in [2.45, 2.75) is 16.7 Å². The molecule has 0 aliphatic carbocycles. The number of sulfonamides is 1. The molecule has 1 atom stereocenters. The van der Waals surface area contributed by atoms with Gasteiger partial charge in [-0.2, -0.15) is 0 Å². The number of carbonyl (C=O) groups excluding carboxylic acids is 2. The fraction of sp³-hybridized carbons (Fsp3) is 0.138. The van der Waals surface area contributed by atoms with Crippen LogP contribution in [0.4, 0.5) is 11.5 Å². The van der Waals surface area contributed by atoms with E-state index in [1.165, 1.54) is 36.0 Å². The fourth-order valence-electron chi connectivity index (χ4n) is 4.21. The molecule has 1 fully saturated rings. The predicted molar refractivity (Wildman–Crippen MR) is 153 cm³/mol. The molecule has 39 heavy (non-hydrogen) atoms. The molecule has 4 aromatic rings. The maximum Gasteiger partial charge on any atom is 0.263 e. The van der Waals surface area contributed by atoms with Crippen LogP contribution in [0.1, 0.15) is 26.9 Å². The van der Waals surface area contributed by atoms with Gasteiger partial charge in [-0.05, 0) is 66.1 Å². The first-order valence-corrected chi connectivity index (χ1v) is 14.8. The third-order valence-corrected chi connectivity index (χ3v) is 8.86. The summed E-state index contributed by atoms with van der Waals surface area (Å²) in [5, 5.41) is 2.70. The lowest BCUT2D eigenvalue weighted by Crippen LogP contribution is -2.30. The minimum absolute atomic E-state index is 0.0518. The van der Waals surface area contributed by atoms with Gasteiger partial charge in [-0.15, -0.1) is 11.8 Å². The Bertz CT molecular complexity index is 1550. The van der Waals surface area contributed by atoms with Crippen molar-refractivity contribution in [2.75, 3.05) is 22.3 Å². The van der Waals surface area contributed by atoms with Gasteiger partial charge in [-0.1, -0.05) is 48.5 Å². The Morgan fingerprint density at radius 2 is 1.64 bits per heavy atom. The third kappa shape index (κ3) is 6.47. The number of hydrogen-bond donors (Lipinski definition) is 2. The lowest BCUT2D eigenvalue weighted by Gasteiger charge is -2.24. The molecule has 10 heteroatoms. The minimum atomic E-state index is -3.81. The molecule has 1 aliphatic rings. The summed E-state index contributed by atoms with van der Waals surface area (Å²) in [5.41, 5.74) is 3.07. The second-order valence-electron chi connectivity index (χ2n) is 8.91. The van der Waals surface area contributed by atoms with E-state index in [1.807, 2.05) is 35.2 Å². The van der Waals surface area contributed by atoms with Crippen molar-refractivity contribution in [1.29, 1.82) is 0 Å². The number of amides is 2. The highest BCUT2D eigenvalue weighted by atomic mass is 32.2. The van der Waals surface area contributed by atoms with Crippen LogP contribution in [0.15, 0.2) is 108 Å². The van der Waals surface area contributed by atoms with E-state index in [4.69, 9.17) is 0 Å². The summed E-state index contributed by atoms with van der Waals surface area (Å²) >= 11 is 1.59. The number of nitrogens with one attached hydrogen (secondary N) is 2. The smallest absolute Gasteiger partial charge is 0.263 e. The van der Waals surface area contributed by atoms with Crippen LogP contribution in [-0.4, -0.2) is 42.4 Å². The molecule has 198 valence electrons. The standard InChI is InChI=1S/C29H26N4O4S2/c34-27-20-38-29(33(27)19-17-21-6-2-1-3-7-21)23-11-9-22(10-12-23)28(35)31-24-13-15-25(16-14-24)39(36,37)32-26-8-4-5-18-30-26/h1-16,18,29H,17,19-20H2,(H,30,32)(H,31,35)/t29-/m0/s1. The van der Waals surface area contributed by atoms with Gasteiger partial charge in [0.05, 0.1) is 10.6 Å². The molecule has 1 saturated heterocycles. The molecular formula is C29H26N4O4S2. The lowest BCUT2D eigenvalue weighted by molar-refractivity contribution is -0.128. The number of nitrogens with zero attached hydrogens (tertiary/aromatic N) is 2. The molecule has 0 bridgehead atoms. The molecule has 1 aliphatic heterocycles. The highest BCUT2D eigenvalue weighted by Gasteiger charge is 2.32. The van der Waals surface area contributed by atoms with Gasteiger partial charge in [0.2, 0.25) is 5.91 Å². The van der Waals surface area contributed by atoms with Crippen LogP contribution in [-0.2, 0) is 21.2 Å². The average molecular weight is 559 g/mol. The van der Waals surface area contributed by atoms with Gasteiger partial charge >= 0.3 is 0 Å². The maximum absolute atomic E-state index is 12.8. The molecular weight excluding hydrogens is 532 g/mol. The van der Waals surface area contributed by atoms with Crippen LogP contribution in [0.3, 0.4) is 0 Å². The van der Waals surface area contributed by atoms with Crippen LogP contribution in [0.2, 0.25) is 0 Å². The SMILES string of the molecule is O=C(Nc1ccc(S(=O)(=O)Nc2ccccn2)cc1)c1ccc([C@@H]2SCC(=O)N2CCc2ccccc2)cc1. The zero-order valence-electron chi connectivity index (χ0n) is 20.9. The van der Waals surface area contributed by atoms with E-state index in [-0.39, 0.29) is 27.9 Å². The van der Waals surface area contributed by atoms with Gasteiger partial charge in [-0.3, -0.25) is 14.3 Å². The van der Waals surface area contributed by atoms with Crippen LogP contribution in [0.25, 0.3) is 0 Å². The van der Waals surface area contributed by atoms with Crippen LogP contribution < -0.4 is 10.0 Å². The number of hydrogen-bond acceptors (Lipinski definition) is 6. The Morgan fingerprint density at radius 3 is 2.33 bits per heavy atom. The van der Waals surface area contributed by atoms with E-state index < -0.39 is 10.0 Å². The predicted octanol–water partition coefficient (Wildman–Crippen LogP) is 4.95. The fourth-order valence-corrected chi connectivity index (χ4v) is 6.43. The van der Waals surface area contributed by atoms with Crippen molar-refractivity contribution in [3.63, 3.8) is 0 Å². The summed E-state index contributed by atoms with van der Waals surface area (Å²) in [4.78, 5) is 31.3. The second kappa shape index (κ2) is 11.7. The quantitative estimate of drug-likeness (QED) is 0.301. The number of carbonyl (C=O) groups is 2. The number of thioether (sulfide) groups is 1. The van der Waals surface area contributed by atoms with Crippen molar-refractivity contribution in [3.8, 4) is 0 Å². The number of rotatable bonds is 9. The van der Waals surface area contributed by atoms with E-state index in [0.29, 0.717) is 23.5 Å². The van der Waals surface area contributed by atoms with Gasteiger partial charge in [0.1, 0.15) is 11.2 Å². The molecule has 0 saturated carbocycles. The van der Waals surface area contributed by atoms with Gasteiger partial charge in [0, 0.05) is 24.0 Å². The Labute approximate surface area is 231 Å². The molecule has 0 spiro atoms. The summed E-state index contributed by atoms with van der Waals surface area (Å²) in [6.45, 7) is 0.631. The number of benzene rings is 3. The molecule has 2 N–H and O–H groups in total. The maximum atomic E-state index is 12.8. The number of pyridine rings is 1. The van der Waals surface area contributed by atoms with Gasteiger partial charge in [-0.25, -0.2) is 13.4 Å². The molecule has 2 amide bonds. The Morgan fingerprint density at radius 1 is 0.923 bits per heavy atom. The van der Waals surface area contributed by atoms with Crippen LogP contribution in [0.5, 0.6) is 0 Å². The molecule has 3 aromatic carbocycles. The molecule has 1 aromatic heterocycles. The zero-order chi connectivity index (χ0) is 27.2. The Kier molecular flexibility index (Phi) is 7.94. The van der Waals surface area contributed by atoms with Crippen molar-refractivity contribution < 1.29 is 18.0 Å². The van der Waals surface area contributed by atoms with Crippen molar-refractivity contribution in [2.24, 2.45) is 0 Å². The first-order valence-electron chi connectivity index (χ1n) is 12.3. The summed E-state index contributed by atoms with van der Waals surface area (Å²) < 4.78 is 27.6. The highest BCUT2D eigenvalue weighted by Crippen LogP contribution is 2.38. The summed E-state index contributed by atoms with van der Waals surface area (Å²) in [6, 6.07) is 28.1. The van der Waals surface area contributed by atoms with E-state index in [1.54, 1.807) is 42.1 Å². The Hall–Kier alpha value is -4.15. The van der Waals surface area contributed by atoms with Gasteiger partial charge < -0.3 is 10.2 Å². The molecule has 5 rings (SSSR count). The van der Waals surface area contributed by atoms with Crippen molar-refractivity contribution >= 4 is 45.1 Å². The minimum Gasteiger partial charge on any atom is -0.326 e. The first kappa shape index (κ1) is 26.5. The lowest BCUT2D eigenvalue weighted by atomic mass is 10.1. The number of anilines is 2. The van der Waals surface area contributed by atoms with E-state index >= 15 is 0 Å². The largest absolute Gasteiger partial charge is 0.326 e. The molecule has 0 unspecified atom stereocenters. The summed E-state index contributed by atoms with van der Waals surface area (Å²) in [7, 11) is -3.81. The van der Waals surface area contributed by atoms with Crippen molar-refractivity contribution in [1.82, 2.24) is 9.88 Å². The number of aromatic nitrogens is 1. The second-order valence-corrected chi connectivity index (χ2v) is 11.7. The van der Waals surface area contributed by atoms with E-state index in [2.05, 4.69) is 27.2 Å². The Balaban J connectivity index is 1.21. The van der Waals surface area contributed by atoms with Crippen molar-refractivity contribution in [3.05, 3.63) is 120 Å². The monoisotopic (exact) mass is 558 g/mol. The summed E-state index contributed by atoms with van der Waals surface area (Å²) in [5.74, 6) is 0.450. The third-order valence-electron chi connectivity index (χ3n) is 6.24. The van der Waals surface area contributed by atoms with Crippen LogP contribution in [0, 0.1) is 0 Å². The van der Waals surface area contributed by atoms with Gasteiger partial charge in [0.25, 0.3) is 15.9 Å². The summed E-state index contributed by atoms with van der Waals surface area (Å²) in [6.07, 6.45) is 2.28. The topological polar surface area (TPSA) is 108 Å². The van der Waals surface area contributed by atoms with Gasteiger partial charge in [0.15, 0.2) is 0 Å². The van der Waals surface area contributed by atoms with Crippen LogP contribution >= 0.6 is 11.8 Å². The highest BCUT2D eigenvalue weighted by molar-refractivity contribution is 8.00. The molecule has 2 heterocycles.